The molecule has 0 unspecified atom stereocenters. The highest BCUT2D eigenvalue weighted by Gasteiger charge is 2.27. The number of carbonyl (C=O) groups excluding carboxylic acids is 2. The Kier molecular flexibility index (Phi) is 11.1. The van der Waals surface area contributed by atoms with Gasteiger partial charge in [0.1, 0.15) is 19.3 Å². The number of rotatable bonds is 13. The van der Waals surface area contributed by atoms with Gasteiger partial charge in [0.15, 0.2) is 11.5 Å². The topological polar surface area (TPSA) is 111 Å². The molecule has 10 heteroatoms. The monoisotopic (exact) mass is 656 g/mol. The van der Waals surface area contributed by atoms with Gasteiger partial charge in [-0.05, 0) is 60.7 Å². The Labute approximate surface area is 274 Å². The summed E-state index contributed by atoms with van der Waals surface area (Å²) >= 11 is 0. The minimum Gasteiger partial charge on any atom is -0.486 e. The fourth-order valence-electron chi connectivity index (χ4n) is 5.28. The Bertz CT molecular complexity index is 1830. The summed E-state index contributed by atoms with van der Waals surface area (Å²) in [7, 11) is -4.31. The van der Waals surface area contributed by atoms with Gasteiger partial charge in [0.05, 0.1) is 11.8 Å². The second-order valence-electron chi connectivity index (χ2n) is 11.4. The van der Waals surface area contributed by atoms with Crippen molar-refractivity contribution in [1.29, 1.82) is 0 Å². The van der Waals surface area contributed by atoms with E-state index in [0.717, 1.165) is 22.8 Å². The van der Waals surface area contributed by atoms with Gasteiger partial charge in [-0.25, -0.2) is 8.42 Å². The lowest BCUT2D eigenvalue weighted by atomic mass is 10.0. The van der Waals surface area contributed by atoms with E-state index in [2.05, 4.69) is 10.6 Å². The molecular weight excluding hydrogens is 619 g/mol. The minimum absolute atomic E-state index is 0.147. The van der Waals surface area contributed by atoms with Crippen LogP contribution in [0.1, 0.15) is 39.0 Å². The summed E-state index contributed by atoms with van der Waals surface area (Å²) in [6, 6.07) is 28.0. The molecule has 2 amide bonds. The van der Waals surface area contributed by atoms with E-state index in [9.17, 15) is 18.0 Å². The fourth-order valence-corrected chi connectivity index (χ4v) is 6.42. The maximum Gasteiger partial charge on any atom is 0.252 e. The summed E-state index contributed by atoms with van der Waals surface area (Å²) < 4.78 is 52.6. The highest BCUT2D eigenvalue weighted by atomic mass is 32.2. The lowest BCUT2D eigenvalue weighted by molar-refractivity contribution is -0.123. The zero-order valence-electron chi connectivity index (χ0n) is 26.0. The summed E-state index contributed by atoms with van der Waals surface area (Å²) in [6.07, 6.45) is 1.76. The van der Waals surface area contributed by atoms with Crippen molar-refractivity contribution >= 4 is 21.7 Å². The summed E-state index contributed by atoms with van der Waals surface area (Å²) in [5, 5.41) is 4.32. The molecule has 1 aliphatic heterocycles. The van der Waals surface area contributed by atoms with E-state index >= 15 is 4.39 Å². The Morgan fingerprint density at radius 3 is 2.17 bits per heavy atom. The Balaban J connectivity index is 1.39. The first-order valence-electron chi connectivity index (χ1n) is 15.4. The predicted octanol–water partition coefficient (Wildman–Crippen LogP) is 5.65. The maximum absolute atomic E-state index is 15.5. The van der Waals surface area contributed by atoms with E-state index in [4.69, 9.17) is 9.47 Å². The molecule has 2 N–H and O–H groups in total. The lowest BCUT2D eigenvalue weighted by Crippen LogP contribution is -2.50. The number of amides is 2. The van der Waals surface area contributed by atoms with Crippen molar-refractivity contribution in [2.24, 2.45) is 0 Å². The van der Waals surface area contributed by atoms with E-state index in [1.54, 1.807) is 48.5 Å². The van der Waals surface area contributed by atoms with Crippen LogP contribution in [0.4, 0.5) is 4.39 Å². The zero-order chi connectivity index (χ0) is 33.2. The molecule has 1 aliphatic rings. The molecule has 0 spiro atoms. The smallest absolute Gasteiger partial charge is 0.252 e. The van der Waals surface area contributed by atoms with Gasteiger partial charge in [0, 0.05) is 12.0 Å². The van der Waals surface area contributed by atoms with Gasteiger partial charge in [-0.3, -0.25) is 9.59 Å². The Morgan fingerprint density at radius 1 is 0.809 bits per heavy atom. The molecule has 0 bridgehead atoms. The van der Waals surface area contributed by atoms with Crippen LogP contribution in [0.15, 0.2) is 114 Å². The fraction of sp³-hybridized carbons (Fsp3) is 0.243. The second kappa shape index (κ2) is 15.6. The van der Waals surface area contributed by atoms with Gasteiger partial charge in [-0.2, -0.15) is 4.39 Å². The molecule has 4 aromatic rings. The van der Waals surface area contributed by atoms with Gasteiger partial charge < -0.3 is 20.1 Å². The van der Waals surface area contributed by atoms with Crippen molar-refractivity contribution in [3.05, 3.63) is 142 Å². The van der Waals surface area contributed by atoms with Crippen molar-refractivity contribution in [3.63, 3.8) is 0 Å². The van der Waals surface area contributed by atoms with E-state index in [1.807, 2.05) is 61.5 Å². The third-order valence-electron chi connectivity index (χ3n) is 7.69. The summed E-state index contributed by atoms with van der Waals surface area (Å²) in [5.74, 6) is -0.652. The van der Waals surface area contributed by atoms with Crippen LogP contribution >= 0.6 is 0 Å². The van der Waals surface area contributed by atoms with Crippen LogP contribution in [-0.4, -0.2) is 45.5 Å². The number of aryl methyl sites for hydroxylation is 2. The first kappa shape index (κ1) is 33.4. The van der Waals surface area contributed by atoms with Crippen LogP contribution < -0.4 is 20.1 Å². The molecule has 0 aliphatic carbocycles. The Hall–Kier alpha value is -4.96. The van der Waals surface area contributed by atoms with Gasteiger partial charge in [0.2, 0.25) is 20.9 Å². The van der Waals surface area contributed by atoms with Crippen molar-refractivity contribution in [3.8, 4) is 11.5 Å². The quantitative estimate of drug-likeness (QED) is 0.193. The van der Waals surface area contributed by atoms with Crippen molar-refractivity contribution in [1.82, 2.24) is 10.6 Å². The van der Waals surface area contributed by atoms with Gasteiger partial charge in [-0.1, -0.05) is 90.5 Å². The lowest BCUT2D eigenvalue weighted by Gasteiger charge is -2.23. The Morgan fingerprint density at radius 2 is 1.47 bits per heavy atom. The standard InChI is InChI=1S/C37H37FN2O6S/c1-26-9-8-14-29(21-26)22-32(40-36(41)30-16-18-33-34(23-30)46-20-19-45-33)37(42)39-31(17-15-27-10-4-2-5-11-27)24-35(38)47(43,44)25-28-12-6-3-7-13-28/h2-14,16,18,21,23-24,31-32H,15,17,19-20,22,25H2,1H3,(H,39,42)(H,40,41)/b35-24+/t31-,32-/m0/s1. The number of carbonyl (C=O) groups is 2. The molecule has 0 aromatic heterocycles. The van der Waals surface area contributed by atoms with Crippen LogP contribution in [-0.2, 0) is 33.2 Å². The SMILES string of the molecule is Cc1cccc(C[C@H](NC(=O)c2ccc3c(c2)OCCO3)C(=O)N[C@H](/C=C(\F)S(=O)(=O)Cc2ccccc2)CCc2ccccc2)c1. The van der Waals surface area contributed by atoms with Crippen LogP contribution in [0, 0.1) is 6.92 Å². The van der Waals surface area contributed by atoms with E-state index in [-0.39, 0.29) is 18.4 Å². The second-order valence-corrected chi connectivity index (χ2v) is 13.3. The molecule has 0 radical (unpaired) electrons. The highest BCUT2D eigenvalue weighted by Crippen LogP contribution is 2.30. The largest absolute Gasteiger partial charge is 0.486 e. The van der Waals surface area contributed by atoms with Crippen molar-refractivity contribution in [2.75, 3.05) is 13.2 Å². The number of benzene rings is 4. The number of hydrogen-bond donors (Lipinski definition) is 2. The van der Waals surface area contributed by atoms with E-state index in [1.165, 1.54) is 0 Å². The van der Waals surface area contributed by atoms with Crippen LogP contribution in [0.25, 0.3) is 0 Å². The molecule has 0 saturated heterocycles. The first-order chi connectivity index (χ1) is 22.7. The average molecular weight is 657 g/mol. The van der Waals surface area contributed by atoms with Crippen molar-refractivity contribution < 1.29 is 31.9 Å². The molecule has 2 atom stereocenters. The minimum atomic E-state index is -4.31. The van der Waals surface area contributed by atoms with Crippen LogP contribution in [0.3, 0.4) is 0 Å². The number of sulfone groups is 1. The number of halogens is 1. The van der Waals surface area contributed by atoms with Gasteiger partial charge in [0.25, 0.3) is 5.91 Å². The van der Waals surface area contributed by atoms with Crippen molar-refractivity contribution in [2.45, 2.75) is 44.0 Å². The summed E-state index contributed by atoms with van der Waals surface area (Å²) in [4.78, 5) is 27.3. The van der Waals surface area contributed by atoms with E-state index in [0.29, 0.717) is 36.7 Å². The molecular formula is C37H37FN2O6S. The molecule has 8 nitrogen and oxygen atoms in total. The van der Waals surface area contributed by atoms with E-state index < -0.39 is 44.6 Å². The normalized spacial score (nSPS) is 14.1. The van der Waals surface area contributed by atoms with Crippen LogP contribution in [0.5, 0.6) is 11.5 Å². The number of ether oxygens (including phenoxy) is 2. The third-order valence-corrected chi connectivity index (χ3v) is 9.14. The summed E-state index contributed by atoms with van der Waals surface area (Å²) in [6.45, 7) is 2.69. The predicted molar refractivity (Wildman–Crippen MR) is 179 cm³/mol. The molecule has 244 valence electrons. The molecule has 0 saturated carbocycles. The molecule has 1 heterocycles. The molecule has 5 rings (SSSR count). The molecule has 4 aromatic carbocycles. The maximum atomic E-state index is 15.5. The number of nitrogens with one attached hydrogen (secondary N) is 2. The van der Waals surface area contributed by atoms with Gasteiger partial charge >= 0.3 is 0 Å². The number of fused-ring (bicyclic) bond motifs is 1. The van der Waals surface area contributed by atoms with Crippen LogP contribution in [0.2, 0.25) is 0 Å². The molecule has 47 heavy (non-hydrogen) atoms. The summed E-state index contributed by atoms with van der Waals surface area (Å²) in [5.41, 5.74) is 3.45. The van der Waals surface area contributed by atoms with Gasteiger partial charge in [-0.15, -0.1) is 0 Å². The third kappa shape index (κ3) is 9.52. The molecule has 0 fully saturated rings. The number of hydrogen-bond acceptors (Lipinski definition) is 6. The zero-order valence-corrected chi connectivity index (χ0v) is 26.8. The first-order valence-corrected chi connectivity index (χ1v) is 17.1. The average Bonchev–Trinajstić information content (AvgIpc) is 3.07. The highest BCUT2D eigenvalue weighted by molar-refractivity contribution is 7.94.